The van der Waals surface area contributed by atoms with Crippen molar-refractivity contribution in [2.45, 2.75) is 31.5 Å². The van der Waals surface area contributed by atoms with Gasteiger partial charge >= 0.3 is 0 Å². The number of nitrogens with zero attached hydrogens (tertiary/aromatic N) is 1. The molecule has 0 spiro atoms. The zero-order valence-electron chi connectivity index (χ0n) is 11.3. The Morgan fingerprint density at radius 1 is 1.25 bits per heavy atom. The fraction of sp³-hybridized carbons (Fsp3) is 0.375. The zero-order valence-corrected chi connectivity index (χ0v) is 13.7. The van der Waals surface area contributed by atoms with Crippen molar-refractivity contribution in [2.75, 3.05) is 6.54 Å². The van der Waals surface area contributed by atoms with E-state index in [1.165, 1.54) is 24.0 Å². The predicted octanol–water partition coefficient (Wildman–Crippen LogP) is 4.18. The molecule has 2 nitrogen and oxygen atoms in total. The van der Waals surface area contributed by atoms with Crippen molar-refractivity contribution in [2.24, 2.45) is 5.73 Å². The first-order valence-corrected chi connectivity index (χ1v) is 8.74. The van der Waals surface area contributed by atoms with Gasteiger partial charge in [-0.3, -0.25) is 4.90 Å². The number of nitrogens with two attached hydrogens (primary N) is 1. The van der Waals surface area contributed by atoms with Crippen LogP contribution in [-0.4, -0.2) is 17.5 Å². The average molecular weight is 351 g/mol. The summed E-state index contributed by atoms with van der Waals surface area (Å²) in [5.41, 5.74) is 8.81. The SMILES string of the molecule is NCC(c1ccc(Br)cc1)N(Cc1ccsc1)C1CC1. The van der Waals surface area contributed by atoms with Crippen LogP contribution < -0.4 is 5.73 Å². The highest BCUT2D eigenvalue weighted by Gasteiger charge is 2.34. The van der Waals surface area contributed by atoms with Gasteiger partial charge in [0, 0.05) is 29.6 Å². The van der Waals surface area contributed by atoms with E-state index in [1.54, 1.807) is 11.3 Å². The van der Waals surface area contributed by atoms with E-state index >= 15 is 0 Å². The molecule has 0 bridgehead atoms. The highest BCUT2D eigenvalue weighted by molar-refractivity contribution is 9.10. The molecule has 1 atom stereocenters. The van der Waals surface area contributed by atoms with Crippen LogP contribution in [0.25, 0.3) is 0 Å². The topological polar surface area (TPSA) is 29.3 Å². The van der Waals surface area contributed by atoms with E-state index in [2.05, 4.69) is 61.9 Å². The highest BCUT2D eigenvalue weighted by atomic mass is 79.9. The smallest absolute Gasteiger partial charge is 0.0476 e. The molecular formula is C16H19BrN2S. The minimum atomic E-state index is 0.315. The standard InChI is InChI=1S/C16H19BrN2S/c17-14-3-1-13(2-4-14)16(9-18)19(15-5-6-15)10-12-7-8-20-11-12/h1-4,7-8,11,15-16H,5-6,9-10,18H2. The third kappa shape index (κ3) is 3.31. The van der Waals surface area contributed by atoms with Crippen LogP contribution in [0.4, 0.5) is 0 Å². The van der Waals surface area contributed by atoms with Gasteiger partial charge in [-0.1, -0.05) is 28.1 Å². The highest BCUT2D eigenvalue weighted by Crippen LogP contribution is 2.36. The quantitative estimate of drug-likeness (QED) is 0.846. The Labute approximate surface area is 132 Å². The van der Waals surface area contributed by atoms with Crippen molar-refractivity contribution in [3.05, 3.63) is 56.7 Å². The molecule has 0 amide bonds. The van der Waals surface area contributed by atoms with Crippen LogP contribution in [0.15, 0.2) is 45.6 Å². The monoisotopic (exact) mass is 350 g/mol. The lowest BCUT2D eigenvalue weighted by Crippen LogP contribution is -2.35. The molecule has 1 aromatic carbocycles. The molecule has 4 heteroatoms. The van der Waals surface area contributed by atoms with Crippen LogP contribution in [0, 0.1) is 0 Å². The Morgan fingerprint density at radius 3 is 2.55 bits per heavy atom. The molecule has 3 rings (SSSR count). The molecular weight excluding hydrogens is 332 g/mol. The Kier molecular flexibility index (Phi) is 4.56. The Morgan fingerprint density at radius 2 is 2.00 bits per heavy atom. The molecule has 106 valence electrons. The van der Waals surface area contributed by atoms with Gasteiger partial charge in [-0.2, -0.15) is 11.3 Å². The lowest BCUT2D eigenvalue weighted by molar-refractivity contribution is 0.182. The molecule has 1 heterocycles. The Balaban J connectivity index is 1.82. The molecule has 0 saturated heterocycles. The molecule has 2 aromatic rings. The fourth-order valence-corrected chi connectivity index (χ4v) is 3.57. The van der Waals surface area contributed by atoms with E-state index in [4.69, 9.17) is 5.73 Å². The molecule has 0 aliphatic heterocycles. The van der Waals surface area contributed by atoms with E-state index in [-0.39, 0.29) is 0 Å². The third-order valence-corrected chi connectivity index (χ3v) is 5.10. The molecule has 1 aliphatic rings. The van der Waals surface area contributed by atoms with Gasteiger partial charge in [-0.05, 0) is 52.9 Å². The van der Waals surface area contributed by atoms with Crippen molar-refractivity contribution in [3.8, 4) is 0 Å². The number of halogens is 1. The molecule has 2 N–H and O–H groups in total. The normalized spacial score (nSPS) is 16.6. The first kappa shape index (κ1) is 14.3. The Hall–Kier alpha value is -0.680. The average Bonchev–Trinajstić information content (AvgIpc) is 3.18. The number of thiophene rings is 1. The second kappa shape index (κ2) is 6.39. The Bertz CT molecular complexity index is 534. The van der Waals surface area contributed by atoms with Gasteiger partial charge in [0.2, 0.25) is 0 Å². The largest absolute Gasteiger partial charge is 0.329 e. The molecule has 20 heavy (non-hydrogen) atoms. The van der Waals surface area contributed by atoms with Crippen molar-refractivity contribution < 1.29 is 0 Å². The molecule has 1 saturated carbocycles. The summed E-state index contributed by atoms with van der Waals surface area (Å²) in [5, 5.41) is 4.39. The van der Waals surface area contributed by atoms with Crippen molar-refractivity contribution in [1.29, 1.82) is 0 Å². The molecule has 1 aliphatic carbocycles. The van der Waals surface area contributed by atoms with Gasteiger partial charge in [0.1, 0.15) is 0 Å². The molecule has 1 aromatic heterocycles. The second-order valence-corrected chi connectivity index (χ2v) is 7.03. The summed E-state index contributed by atoms with van der Waals surface area (Å²) >= 11 is 5.27. The predicted molar refractivity (Wildman–Crippen MR) is 88.8 cm³/mol. The van der Waals surface area contributed by atoms with E-state index in [0.717, 1.165) is 11.0 Å². The summed E-state index contributed by atoms with van der Waals surface area (Å²) in [5.74, 6) is 0. The van der Waals surface area contributed by atoms with E-state index < -0.39 is 0 Å². The number of hydrogen-bond acceptors (Lipinski definition) is 3. The lowest BCUT2D eigenvalue weighted by atomic mass is 10.0. The van der Waals surface area contributed by atoms with Crippen LogP contribution >= 0.6 is 27.3 Å². The molecule has 1 unspecified atom stereocenters. The summed E-state index contributed by atoms with van der Waals surface area (Å²) in [6.07, 6.45) is 2.61. The second-order valence-electron chi connectivity index (χ2n) is 5.34. The maximum absolute atomic E-state index is 6.09. The van der Waals surface area contributed by atoms with Crippen LogP contribution in [0.5, 0.6) is 0 Å². The zero-order chi connectivity index (χ0) is 13.9. The number of benzene rings is 1. The summed E-state index contributed by atoms with van der Waals surface area (Å²) < 4.78 is 1.12. The fourth-order valence-electron chi connectivity index (χ4n) is 2.64. The minimum Gasteiger partial charge on any atom is -0.329 e. The third-order valence-electron chi connectivity index (χ3n) is 3.84. The first-order chi connectivity index (χ1) is 9.78. The summed E-state index contributed by atoms with van der Waals surface area (Å²) in [6.45, 7) is 1.67. The maximum atomic E-state index is 6.09. The molecule has 1 fully saturated rings. The molecule has 0 radical (unpaired) electrons. The minimum absolute atomic E-state index is 0.315. The summed E-state index contributed by atoms with van der Waals surface area (Å²) in [6, 6.07) is 11.8. The van der Waals surface area contributed by atoms with Gasteiger partial charge in [0.05, 0.1) is 0 Å². The van der Waals surface area contributed by atoms with E-state index in [1.807, 2.05) is 0 Å². The first-order valence-electron chi connectivity index (χ1n) is 7.00. The lowest BCUT2D eigenvalue weighted by Gasteiger charge is -2.31. The van der Waals surface area contributed by atoms with Crippen LogP contribution in [0.3, 0.4) is 0 Å². The summed E-state index contributed by atoms with van der Waals surface area (Å²) in [7, 11) is 0. The van der Waals surface area contributed by atoms with Crippen molar-refractivity contribution >= 4 is 27.3 Å². The number of rotatable bonds is 6. The van der Waals surface area contributed by atoms with Gasteiger partial charge in [0.15, 0.2) is 0 Å². The maximum Gasteiger partial charge on any atom is 0.0476 e. The number of hydrogen-bond donors (Lipinski definition) is 1. The van der Waals surface area contributed by atoms with E-state index in [9.17, 15) is 0 Å². The van der Waals surface area contributed by atoms with Gasteiger partial charge in [-0.15, -0.1) is 0 Å². The van der Waals surface area contributed by atoms with Gasteiger partial charge in [-0.25, -0.2) is 0 Å². The van der Waals surface area contributed by atoms with E-state index in [0.29, 0.717) is 18.6 Å². The summed E-state index contributed by atoms with van der Waals surface area (Å²) in [4.78, 5) is 2.57. The van der Waals surface area contributed by atoms with Crippen LogP contribution in [-0.2, 0) is 6.54 Å². The van der Waals surface area contributed by atoms with Crippen LogP contribution in [0.1, 0.15) is 30.0 Å². The van der Waals surface area contributed by atoms with Crippen molar-refractivity contribution in [1.82, 2.24) is 4.90 Å². The van der Waals surface area contributed by atoms with Gasteiger partial charge < -0.3 is 5.73 Å². The van der Waals surface area contributed by atoms with Gasteiger partial charge in [0.25, 0.3) is 0 Å². The van der Waals surface area contributed by atoms with Crippen molar-refractivity contribution in [3.63, 3.8) is 0 Å². The van der Waals surface area contributed by atoms with Crippen LogP contribution in [0.2, 0.25) is 0 Å².